The number of aromatic carboxylic acids is 1. The maximum absolute atomic E-state index is 11.3. The lowest BCUT2D eigenvalue weighted by Crippen LogP contribution is -2.05. The van der Waals surface area contributed by atoms with Crippen molar-refractivity contribution >= 4 is 46.0 Å². The predicted molar refractivity (Wildman–Crippen MR) is 110 cm³/mol. The van der Waals surface area contributed by atoms with Crippen molar-refractivity contribution in [1.82, 2.24) is 0 Å². The van der Waals surface area contributed by atoms with Crippen molar-refractivity contribution in [3.8, 4) is 0 Å². The minimum atomic E-state index is -0.989. The number of rotatable bonds is 5. The maximum Gasteiger partial charge on any atom is 0.337 e. The standard InChI is InChI=1S/C21H16ClNO2S/c1-13-6-2-3-7-15(13)20(26)16-11-10-14(12-18(16)22)23-19-9-5-4-8-17(19)21(24)25/h2-12,23H,1H3,(H,24,25). The molecule has 2 N–H and O–H groups in total. The van der Waals surface area contributed by atoms with Gasteiger partial charge in [0.1, 0.15) is 0 Å². The van der Waals surface area contributed by atoms with Crippen molar-refractivity contribution in [2.24, 2.45) is 0 Å². The molecule has 0 bridgehead atoms. The molecule has 0 aliphatic carbocycles. The molecule has 0 unspecified atom stereocenters. The lowest BCUT2D eigenvalue weighted by atomic mass is 10.00. The molecule has 0 aliphatic rings. The first-order valence-electron chi connectivity index (χ1n) is 7.96. The molecule has 0 heterocycles. The molecular weight excluding hydrogens is 366 g/mol. The van der Waals surface area contributed by atoms with Crippen molar-refractivity contribution in [2.45, 2.75) is 6.92 Å². The summed E-state index contributed by atoms with van der Waals surface area (Å²) < 4.78 is 0. The Labute approximate surface area is 162 Å². The number of carbonyl (C=O) groups is 1. The van der Waals surface area contributed by atoms with Crippen LogP contribution in [0.15, 0.2) is 66.7 Å². The van der Waals surface area contributed by atoms with Gasteiger partial charge in [0.2, 0.25) is 0 Å². The highest BCUT2D eigenvalue weighted by Crippen LogP contribution is 2.28. The van der Waals surface area contributed by atoms with Crippen molar-refractivity contribution in [3.63, 3.8) is 0 Å². The van der Waals surface area contributed by atoms with Gasteiger partial charge >= 0.3 is 5.97 Å². The second-order valence-corrected chi connectivity index (χ2v) is 6.63. The van der Waals surface area contributed by atoms with Crippen molar-refractivity contribution < 1.29 is 9.90 Å². The number of para-hydroxylation sites is 1. The Morgan fingerprint density at radius 2 is 1.62 bits per heavy atom. The average Bonchev–Trinajstić information content (AvgIpc) is 2.62. The fourth-order valence-corrected chi connectivity index (χ4v) is 3.42. The van der Waals surface area contributed by atoms with Crippen LogP contribution in [0.5, 0.6) is 0 Å². The highest BCUT2D eigenvalue weighted by molar-refractivity contribution is 7.81. The Morgan fingerprint density at radius 3 is 2.27 bits per heavy atom. The molecule has 0 aromatic heterocycles. The number of carboxylic acids is 1. The molecule has 0 spiro atoms. The second-order valence-electron chi connectivity index (χ2n) is 5.81. The van der Waals surface area contributed by atoms with Crippen LogP contribution in [-0.2, 0) is 0 Å². The Hall–Kier alpha value is -2.69. The van der Waals surface area contributed by atoms with Crippen LogP contribution in [0, 0.1) is 6.92 Å². The fourth-order valence-electron chi connectivity index (χ4n) is 2.68. The Morgan fingerprint density at radius 1 is 0.962 bits per heavy atom. The molecule has 0 aliphatic heterocycles. The van der Waals surface area contributed by atoms with Gasteiger partial charge in [0.25, 0.3) is 0 Å². The zero-order chi connectivity index (χ0) is 18.7. The number of benzene rings is 3. The molecule has 3 nitrogen and oxygen atoms in total. The number of anilines is 2. The summed E-state index contributed by atoms with van der Waals surface area (Å²) in [5, 5.41) is 12.9. The second kappa shape index (κ2) is 7.68. The van der Waals surface area contributed by atoms with Crippen LogP contribution in [0.4, 0.5) is 11.4 Å². The van der Waals surface area contributed by atoms with Gasteiger partial charge in [0.05, 0.1) is 21.1 Å². The summed E-state index contributed by atoms with van der Waals surface area (Å²) in [6.07, 6.45) is 0. The third kappa shape index (κ3) is 3.77. The number of hydrogen-bond acceptors (Lipinski definition) is 3. The van der Waals surface area contributed by atoms with Gasteiger partial charge in [-0.25, -0.2) is 4.79 Å². The van der Waals surface area contributed by atoms with Crippen LogP contribution in [0.3, 0.4) is 0 Å². The van der Waals surface area contributed by atoms with Crippen LogP contribution < -0.4 is 5.32 Å². The Balaban J connectivity index is 1.90. The van der Waals surface area contributed by atoms with Gasteiger partial charge in [-0.3, -0.25) is 0 Å². The minimum Gasteiger partial charge on any atom is -0.478 e. The molecular formula is C21H16ClNO2S. The quantitative estimate of drug-likeness (QED) is 0.429. The SMILES string of the molecule is Cc1ccccc1C(=S)c1ccc(Nc2ccccc2C(=O)O)cc1Cl. The minimum absolute atomic E-state index is 0.197. The lowest BCUT2D eigenvalue weighted by molar-refractivity contribution is 0.0698. The molecule has 26 heavy (non-hydrogen) atoms. The molecule has 0 saturated heterocycles. The zero-order valence-corrected chi connectivity index (χ0v) is 15.6. The van der Waals surface area contributed by atoms with E-state index in [0.717, 1.165) is 16.7 Å². The van der Waals surface area contributed by atoms with Crippen LogP contribution in [0.25, 0.3) is 0 Å². The molecule has 0 fully saturated rings. The van der Waals surface area contributed by atoms with Gasteiger partial charge in [-0.1, -0.05) is 60.2 Å². The van der Waals surface area contributed by atoms with Crippen LogP contribution >= 0.6 is 23.8 Å². The number of thiocarbonyl (C=S) groups is 1. The third-order valence-electron chi connectivity index (χ3n) is 4.04. The molecule has 3 rings (SSSR count). The Kier molecular flexibility index (Phi) is 5.35. The first kappa shape index (κ1) is 18.1. The summed E-state index contributed by atoms with van der Waals surface area (Å²) in [5.41, 5.74) is 4.23. The molecule has 130 valence electrons. The van der Waals surface area contributed by atoms with Gasteiger partial charge in [0, 0.05) is 11.3 Å². The van der Waals surface area contributed by atoms with Crippen molar-refractivity contribution in [1.29, 1.82) is 0 Å². The summed E-state index contributed by atoms with van der Waals surface area (Å²) in [5.74, 6) is -0.989. The number of nitrogens with one attached hydrogen (secondary N) is 1. The van der Waals surface area contributed by atoms with Crippen molar-refractivity contribution in [3.05, 3.63) is 94.0 Å². The summed E-state index contributed by atoms with van der Waals surface area (Å²) in [6.45, 7) is 2.01. The monoisotopic (exact) mass is 381 g/mol. The molecule has 0 radical (unpaired) electrons. The summed E-state index contributed by atoms with van der Waals surface area (Å²) in [4.78, 5) is 12.0. The molecule has 0 amide bonds. The van der Waals surface area contributed by atoms with E-state index in [0.29, 0.717) is 21.3 Å². The molecule has 3 aromatic rings. The topological polar surface area (TPSA) is 49.3 Å². The normalized spacial score (nSPS) is 10.4. The number of carboxylic acid groups (broad SMARTS) is 1. The molecule has 3 aromatic carbocycles. The highest BCUT2D eigenvalue weighted by atomic mass is 35.5. The summed E-state index contributed by atoms with van der Waals surface area (Å²) >= 11 is 12.1. The van der Waals surface area contributed by atoms with E-state index in [2.05, 4.69) is 5.32 Å². The summed E-state index contributed by atoms with van der Waals surface area (Å²) in [6, 6.07) is 20.1. The van der Waals surface area contributed by atoms with Crippen LogP contribution in [0.2, 0.25) is 5.02 Å². The highest BCUT2D eigenvalue weighted by Gasteiger charge is 2.13. The van der Waals surface area contributed by atoms with Gasteiger partial charge in [-0.2, -0.15) is 0 Å². The van der Waals surface area contributed by atoms with Gasteiger partial charge in [-0.05, 0) is 48.4 Å². The first-order valence-corrected chi connectivity index (χ1v) is 8.75. The molecule has 5 heteroatoms. The van der Waals surface area contributed by atoms with Crippen molar-refractivity contribution in [2.75, 3.05) is 5.32 Å². The van der Waals surface area contributed by atoms with E-state index in [9.17, 15) is 9.90 Å². The van der Waals surface area contributed by atoms with Crippen LogP contribution in [-0.4, -0.2) is 15.9 Å². The fraction of sp³-hybridized carbons (Fsp3) is 0.0476. The largest absolute Gasteiger partial charge is 0.478 e. The van der Waals surface area contributed by atoms with Gasteiger partial charge < -0.3 is 10.4 Å². The van der Waals surface area contributed by atoms with Gasteiger partial charge in [0.15, 0.2) is 0 Å². The van der Waals surface area contributed by atoms with E-state index in [-0.39, 0.29) is 5.56 Å². The van der Waals surface area contributed by atoms with E-state index < -0.39 is 5.97 Å². The number of aryl methyl sites for hydroxylation is 1. The Bertz CT molecular complexity index is 1000. The van der Waals surface area contributed by atoms with E-state index in [4.69, 9.17) is 23.8 Å². The predicted octanol–water partition coefficient (Wildman–Crippen LogP) is 5.86. The maximum atomic E-state index is 11.3. The first-order chi connectivity index (χ1) is 12.5. The van der Waals surface area contributed by atoms with Crippen LogP contribution in [0.1, 0.15) is 27.0 Å². The van der Waals surface area contributed by atoms with E-state index in [1.54, 1.807) is 30.3 Å². The smallest absolute Gasteiger partial charge is 0.337 e. The van der Waals surface area contributed by atoms with E-state index in [1.165, 1.54) is 0 Å². The summed E-state index contributed by atoms with van der Waals surface area (Å²) in [7, 11) is 0. The zero-order valence-electron chi connectivity index (χ0n) is 14.0. The molecule has 0 saturated carbocycles. The van der Waals surface area contributed by atoms with Gasteiger partial charge in [-0.15, -0.1) is 0 Å². The lowest BCUT2D eigenvalue weighted by Gasteiger charge is -2.13. The molecule has 0 atom stereocenters. The number of hydrogen-bond donors (Lipinski definition) is 2. The average molecular weight is 382 g/mol. The van der Waals surface area contributed by atoms with E-state index >= 15 is 0 Å². The third-order valence-corrected chi connectivity index (χ3v) is 4.79. The number of halogens is 1. The van der Waals surface area contributed by atoms with E-state index in [1.807, 2.05) is 43.3 Å².